The zero-order valence-corrected chi connectivity index (χ0v) is 64.8. The third kappa shape index (κ3) is 70.5. The molecule has 0 aromatic carbocycles. The Morgan fingerprint density at radius 1 is 0.260 bits per heavy atom. The summed E-state index contributed by atoms with van der Waals surface area (Å²) in [5.74, 6) is 0.906. The van der Waals surface area contributed by atoms with Gasteiger partial charge in [-0.3, -0.25) is 37.3 Å². The molecule has 19 heteroatoms. The van der Waals surface area contributed by atoms with Crippen molar-refractivity contribution in [3.05, 3.63) is 0 Å². The van der Waals surface area contributed by atoms with Crippen LogP contribution in [0.4, 0.5) is 0 Å². The van der Waals surface area contributed by atoms with Gasteiger partial charge >= 0.3 is 39.5 Å². The van der Waals surface area contributed by atoms with E-state index in [0.717, 1.165) is 114 Å². The Morgan fingerprint density at radius 2 is 0.438 bits per heavy atom. The van der Waals surface area contributed by atoms with E-state index in [1.165, 1.54) is 186 Å². The summed E-state index contributed by atoms with van der Waals surface area (Å²) < 4.78 is 68.5. The second-order valence-corrected chi connectivity index (χ2v) is 32.6. The number of carbonyl (C=O) groups is 4. The summed E-state index contributed by atoms with van der Waals surface area (Å²) in [5.41, 5.74) is 0. The molecule has 0 aromatic rings. The molecule has 0 radical (unpaired) electrons. The van der Waals surface area contributed by atoms with Crippen molar-refractivity contribution < 1.29 is 80.2 Å². The van der Waals surface area contributed by atoms with Crippen molar-refractivity contribution in [1.82, 2.24) is 0 Å². The van der Waals surface area contributed by atoms with Gasteiger partial charge in [-0.1, -0.05) is 338 Å². The van der Waals surface area contributed by atoms with Crippen LogP contribution < -0.4 is 0 Å². The van der Waals surface area contributed by atoms with E-state index in [1.54, 1.807) is 0 Å². The first-order valence-corrected chi connectivity index (χ1v) is 42.7. The summed E-state index contributed by atoms with van der Waals surface area (Å²) in [6.45, 7) is 14.2. The highest BCUT2D eigenvalue weighted by molar-refractivity contribution is 7.47. The van der Waals surface area contributed by atoms with E-state index in [9.17, 15) is 43.2 Å². The second-order valence-electron chi connectivity index (χ2n) is 29.7. The number of phosphoric ester groups is 2. The number of ether oxygens (including phenoxy) is 4. The van der Waals surface area contributed by atoms with Crippen LogP contribution in [0, 0.1) is 23.7 Å². The van der Waals surface area contributed by atoms with Crippen LogP contribution in [0.5, 0.6) is 0 Å². The molecule has 0 spiro atoms. The molecule has 0 bridgehead atoms. The maximum absolute atomic E-state index is 13.1. The van der Waals surface area contributed by atoms with Crippen LogP contribution in [0.15, 0.2) is 0 Å². The van der Waals surface area contributed by atoms with Gasteiger partial charge in [-0.15, -0.1) is 0 Å². The molecule has 0 heterocycles. The van der Waals surface area contributed by atoms with Gasteiger partial charge in [-0.2, -0.15) is 0 Å². The lowest BCUT2D eigenvalue weighted by Crippen LogP contribution is -2.30. The number of rotatable bonds is 74. The topological polar surface area (TPSA) is 237 Å². The van der Waals surface area contributed by atoms with Gasteiger partial charge in [-0.05, 0) is 49.4 Å². The summed E-state index contributed by atoms with van der Waals surface area (Å²) in [7, 11) is -9.91. The minimum Gasteiger partial charge on any atom is -0.462 e. The Kier molecular flexibility index (Phi) is 65.0. The van der Waals surface area contributed by atoms with Crippen molar-refractivity contribution in [3.8, 4) is 0 Å². The molecule has 3 unspecified atom stereocenters. The maximum atomic E-state index is 13.1. The molecule has 0 saturated carbocycles. The average Bonchev–Trinajstić information content (AvgIpc) is 1.95. The zero-order chi connectivity index (χ0) is 71.0. The number of aliphatic hydroxyl groups excluding tert-OH is 1. The number of hydrogen-bond acceptors (Lipinski definition) is 15. The molecule has 0 aromatic heterocycles. The van der Waals surface area contributed by atoms with Gasteiger partial charge in [0.2, 0.25) is 0 Å². The molecule has 0 aliphatic carbocycles. The first-order chi connectivity index (χ1) is 46.1. The van der Waals surface area contributed by atoms with E-state index >= 15 is 0 Å². The van der Waals surface area contributed by atoms with Gasteiger partial charge in [0.25, 0.3) is 0 Å². The molecule has 0 saturated heterocycles. The van der Waals surface area contributed by atoms with E-state index in [0.29, 0.717) is 31.6 Å². The third-order valence-electron chi connectivity index (χ3n) is 17.8. The van der Waals surface area contributed by atoms with Gasteiger partial charge in [0.15, 0.2) is 12.2 Å². The van der Waals surface area contributed by atoms with Crippen molar-refractivity contribution in [2.75, 3.05) is 39.6 Å². The number of esters is 4. The quantitative estimate of drug-likeness (QED) is 0.0222. The molecule has 3 N–H and O–H groups in total. The minimum absolute atomic E-state index is 0.106. The van der Waals surface area contributed by atoms with E-state index in [-0.39, 0.29) is 25.7 Å². The summed E-state index contributed by atoms with van der Waals surface area (Å²) >= 11 is 0. The third-order valence-corrected chi connectivity index (χ3v) is 19.7. The number of unbranched alkanes of at least 4 members (excludes halogenated alkanes) is 40. The fourth-order valence-corrected chi connectivity index (χ4v) is 13.3. The molecule has 17 nitrogen and oxygen atoms in total. The molecular weight excluding hydrogens is 1260 g/mol. The van der Waals surface area contributed by atoms with Gasteiger partial charge in [0.1, 0.15) is 19.3 Å². The number of phosphoric acid groups is 2. The van der Waals surface area contributed by atoms with Crippen LogP contribution in [-0.2, 0) is 65.4 Å². The largest absolute Gasteiger partial charge is 0.472 e. The van der Waals surface area contributed by atoms with Crippen LogP contribution >= 0.6 is 15.6 Å². The molecular formula is C77H150O17P2. The lowest BCUT2D eigenvalue weighted by molar-refractivity contribution is -0.161. The zero-order valence-electron chi connectivity index (χ0n) is 63.0. The molecule has 0 amide bonds. The minimum atomic E-state index is -4.96. The van der Waals surface area contributed by atoms with E-state index < -0.39 is 97.5 Å². The molecule has 0 rings (SSSR count). The highest BCUT2D eigenvalue weighted by Crippen LogP contribution is 2.45. The Balaban J connectivity index is 5.22. The predicted octanol–water partition coefficient (Wildman–Crippen LogP) is 22.4. The monoisotopic (exact) mass is 1410 g/mol. The summed E-state index contributed by atoms with van der Waals surface area (Å²) in [4.78, 5) is 72.8. The van der Waals surface area contributed by atoms with Gasteiger partial charge in [-0.25, -0.2) is 9.13 Å². The first-order valence-electron chi connectivity index (χ1n) is 39.7. The SMILES string of the molecule is CC(C)CCCCCCCCCCCCCCCCCC(=O)O[C@H](COC(=O)CCCCCCCCC(C)C)COP(=O)(O)OCC(O)COP(=O)(O)OC[C@@H](COC(=O)CCCCCCCCCCCCC(C)C)OC(=O)CCCCCCCCCCCCCCCC(C)C. The second kappa shape index (κ2) is 66.3. The molecule has 0 aliphatic heterocycles. The predicted molar refractivity (Wildman–Crippen MR) is 391 cm³/mol. The van der Waals surface area contributed by atoms with E-state index in [4.69, 9.17) is 37.0 Å². The normalized spacial score (nSPS) is 14.1. The molecule has 5 atom stereocenters. The molecule has 570 valence electrons. The lowest BCUT2D eigenvalue weighted by Gasteiger charge is -2.21. The van der Waals surface area contributed by atoms with E-state index in [2.05, 4.69) is 55.4 Å². The van der Waals surface area contributed by atoms with Crippen LogP contribution in [0.1, 0.15) is 389 Å². The van der Waals surface area contributed by atoms with Crippen LogP contribution in [0.3, 0.4) is 0 Å². The maximum Gasteiger partial charge on any atom is 0.472 e. The van der Waals surface area contributed by atoms with Crippen LogP contribution in [0.2, 0.25) is 0 Å². The Labute approximate surface area is 588 Å². The Morgan fingerprint density at radius 3 is 0.646 bits per heavy atom. The molecule has 0 fully saturated rings. The number of aliphatic hydroxyl groups is 1. The van der Waals surface area contributed by atoms with Crippen molar-refractivity contribution in [3.63, 3.8) is 0 Å². The van der Waals surface area contributed by atoms with Gasteiger partial charge < -0.3 is 33.8 Å². The Hall–Kier alpha value is -1.94. The van der Waals surface area contributed by atoms with Crippen molar-refractivity contribution in [2.45, 2.75) is 408 Å². The van der Waals surface area contributed by atoms with Crippen LogP contribution in [-0.4, -0.2) is 96.7 Å². The summed E-state index contributed by atoms with van der Waals surface area (Å²) in [5, 5.41) is 10.6. The van der Waals surface area contributed by atoms with E-state index in [1.807, 2.05) is 0 Å². The number of hydrogen-bond donors (Lipinski definition) is 3. The fourth-order valence-electron chi connectivity index (χ4n) is 11.7. The first kappa shape index (κ1) is 94.1. The average molecular weight is 1410 g/mol. The smallest absolute Gasteiger partial charge is 0.462 e. The molecule has 0 aliphatic rings. The number of carbonyl (C=O) groups excluding carboxylic acids is 4. The van der Waals surface area contributed by atoms with Crippen molar-refractivity contribution in [1.29, 1.82) is 0 Å². The van der Waals surface area contributed by atoms with Crippen LogP contribution in [0.25, 0.3) is 0 Å². The highest BCUT2D eigenvalue weighted by atomic mass is 31.2. The van der Waals surface area contributed by atoms with Crippen molar-refractivity contribution in [2.24, 2.45) is 23.7 Å². The molecule has 96 heavy (non-hydrogen) atoms. The summed E-state index contributed by atoms with van der Waals surface area (Å²) in [6.07, 6.45) is 51.5. The lowest BCUT2D eigenvalue weighted by atomic mass is 10.0. The standard InChI is InChI=1S/C77H150O17P2/c1-67(2)53-45-37-29-23-17-13-10-9-11-15-19-27-33-43-51-59-77(82)94-73(64-88-75(80)58-50-42-36-35-40-48-56-70(7)8)66-92-96(85,86)90-62-71(78)61-89-95(83,84)91-65-72(63-87-74(79)57-49-41-32-26-22-21-25-31-39-47-55-69(5)6)93-76(81)60-52-44-34-28-20-16-12-14-18-24-30-38-46-54-68(3)4/h67-73,78H,9-66H2,1-8H3,(H,83,84)(H,85,86)/t71?,72-,73-/m1/s1. The van der Waals surface area contributed by atoms with Gasteiger partial charge in [0.05, 0.1) is 26.4 Å². The highest BCUT2D eigenvalue weighted by Gasteiger charge is 2.30. The van der Waals surface area contributed by atoms with Crippen molar-refractivity contribution >= 4 is 39.5 Å². The Bertz CT molecular complexity index is 1880. The summed E-state index contributed by atoms with van der Waals surface area (Å²) in [6, 6.07) is 0. The fraction of sp³-hybridized carbons (Fsp3) is 0.948. The van der Waals surface area contributed by atoms with Gasteiger partial charge in [0, 0.05) is 25.7 Å².